The minimum Gasteiger partial charge on any atom is -0.465 e. The van der Waals surface area contributed by atoms with Crippen LogP contribution in [0.3, 0.4) is 0 Å². The van der Waals surface area contributed by atoms with Gasteiger partial charge in [-0.2, -0.15) is 0 Å². The first kappa shape index (κ1) is 46.4. The number of unbranched alkanes of at least 4 members (excludes halogenated alkanes) is 22. The van der Waals surface area contributed by atoms with Crippen LogP contribution in [-0.2, 0) is 19.1 Å². The molecule has 0 heterocycles. The molecular weight excluding hydrogens is 598 g/mol. The van der Waals surface area contributed by atoms with Gasteiger partial charge in [-0.3, -0.25) is 14.4 Å². The SMILES string of the molecule is CCCCCCCCCCCCCCCCNC(=O)C(N)CCC(=O)NCCCCOC(=O)C(CCCCCC)CCCCCCCC. The van der Waals surface area contributed by atoms with Crippen molar-refractivity contribution in [1.82, 2.24) is 10.6 Å². The Morgan fingerprint density at radius 1 is 0.500 bits per heavy atom. The smallest absolute Gasteiger partial charge is 0.308 e. The molecule has 284 valence electrons. The van der Waals surface area contributed by atoms with Gasteiger partial charge < -0.3 is 21.1 Å². The summed E-state index contributed by atoms with van der Waals surface area (Å²) in [5.41, 5.74) is 6.04. The Hall–Kier alpha value is -1.63. The standard InChI is InChI=1S/C41H81N3O4/c1-4-7-10-13-15-16-17-18-19-20-21-22-24-27-35-44-40(46)38(42)32-33-39(45)43-34-28-29-36-48-41(47)37(30-25-12-9-6-3)31-26-23-14-11-8-5-2/h37-38H,4-36,42H2,1-3H3,(H,43,45)(H,44,46). The number of amides is 2. The second-order valence-electron chi connectivity index (χ2n) is 14.4. The predicted molar refractivity (Wildman–Crippen MR) is 204 cm³/mol. The summed E-state index contributed by atoms with van der Waals surface area (Å²) in [5, 5.41) is 5.84. The van der Waals surface area contributed by atoms with Crippen LogP contribution in [0.5, 0.6) is 0 Å². The van der Waals surface area contributed by atoms with Crippen molar-refractivity contribution >= 4 is 17.8 Å². The van der Waals surface area contributed by atoms with E-state index in [1.165, 1.54) is 128 Å². The second kappa shape index (κ2) is 36.6. The highest BCUT2D eigenvalue weighted by Crippen LogP contribution is 2.21. The highest BCUT2D eigenvalue weighted by Gasteiger charge is 2.19. The maximum Gasteiger partial charge on any atom is 0.308 e. The van der Waals surface area contributed by atoms with E-state index in [1.54, 1.807) is 0 Å². The highest BCUT2D eigenvalue weighted by molar-refractivity contribution is 5.82. The number of nitrogens with one attached hydrogen (secondary N) is 2. The van der Waals surface area contributed by atoms with Crippen molar-refractivity contribution in [1.29, 1.82) is 0 Å². The fraction of sp³-hybridized carbons (Fsp3) is 0.927. The van der Waals surface area contributed by atoms with Gasteiger partial charge in [0.1, 0.15) is 0 Å². The summed E-state index contributed by atoms with van der Waals surface area (Å²) in [4.78, 5) is 37.4. The van der Waals surface area contributed by atoms with Gasteiger partial charge in [0.05, 0.1) is 18.6 Å². The van der Waals surface area contributed by atoms with Gasteiger partial charge in [0.2, 0.25) is 11.8 Å². The van der Waals surface area contributed by atoms with E-state index in [2.05, 4.69) is 31.4 Å². The first-order valence-corrected chi connectivity index (χ1v) is 20.9. The third kappa shape index (κ3) is 31.6. The Kier molecular flexibility index (Phi) is 35.4. The van der Waals surface area contributed by atoms with E-state index in [0.29, 0.717) is 26.1 Å². The molecule has 2 atom stereocenters. The Morgan fingerprint density at radius 3 is 1.40 bits per heavy atom. The molecule has 7 heteroatoms. The molecule has 0 aliphatic heterocycles. The molecule has 0 saturated heterocycles. The number of esters is 1. The largest absolute Gasteiger partial charge is 0.465 e. The lowest BCUT2D eigenvalue weighted by Crippen LogP contribution is -2.41. The molecule has 0 saturated carbocycles. The van der Waals surface area contributed by atoms with Crippen molar-refractivity contribution in [2.45, 2.75) is 219 Å². The summed E-state index contributed by atoms with van der Waals surface area (Å²) in [6.45, 7) is 8.30. The topological polar surface area (TPSA) is 111 Å². The van der Waals surface area contributed by atoms with Gasteiger partial charge in [-0.1, -0.05) is 168 Å². The number of rotatable bonds is 37. The normalized spacial score (nSPS) is 12.5. The molecule has 0 aromatic rings. The number of hydrogen-bond acceptors (Lipinski definition) is 5. The third-order valence-corrected chi connectivity index (χ3v) is 9.63. The monoisotopic (exact) mass is 680 g/mol. The van der Waals surface area contributed by atoms with Crippen LogP contribution in [0.25, 0.3) is 0 Å². The number of carbonyl (C=O) groups is 3. The fourth-order valence-electron chi connectivity index (χ4n) is 6.28. The van der Waals surface area contributed by atoms with Gasteiger partial charge in [-0.05, 0) is 38.5 Å². The number of hydrogen-bond donors (Lipinski definition) is 3. The van der Waals surface area contributed by atoms with E-state index in [9.17, 15) is 14.4 Å². The lowest BCUT2D eigenvalue weighted by molar-refractivity contribution is -0.149. The lowest BCUT2D eigenvalue weighted by Gasteiger charge is -2.16. The second-order valence-corrected chi connectivity index (χ2v) is 14.4. The molecule has 7 nitrogen and oxygen atoms in total. The lowest BCUT2D eigenvalue weighted by atomic mass is 9.94. The van der Waals surface area contributed by atoms with Crippen LogP contribution in [0.1, 0.15) is 213 Å². The Bertz CT molecular complexity index is 732. The Morgan fingerprint density at radius 2 is 0.896 bits per heavy atom. The molecule has 0 radical (unpaired) electrons. The van der Waals surface area contributed by atoms with E-state index >= 15 is 0 Å². The van der Waals surface area contributed by atoms with Crippen LogP contribution < -0.4 is 16.4 Å². The van der Waals surface area contributed by atoms with Gasteiger partial charge >= 0.3 is 5.97 Å². The van der Waals surface area contributed by atoms with Gasteiger partial charge in [0.25, 0.3) is 0 Å². The van der Waals surface area contributed by atoms with Crippen LogP contribution >= 0.6 is 0 Å². The molecule has 4 N–H and O–H groups in total. The zero-order valence-electron chi connectivity index (χ0n) is 32.2. The molecule has 0 aliphatic carbocycles. The van der Waals surface area contributed by atoms with Crippen molar-refractivity contribution < 1.29 is 19.1 Å². The maximum absolute atomic E-state index is 12.8. The number of nitrogens with two attached hydrogens (primary N) is 1. The van der Waals surface area contributed by atoms with Gasteiger partial charge in [0.15, 0.2) is 0 Å². The van der Waals surface area contributed by atoms with E-state index in [4.69, 9.17) is 10.5 Å². The van der Waals surface area contributed by atoms with Gasteiger partial charge in [-0.25, -0.2) is 0 Å². The van der Waals surface area contributed by atoms with Crippen LogP contribution in [0.4, 0.5) is 0 Å². The van der Waals surface area contributed by atoms with E-state index < -0.39 is 6.04 Å². The summed E-state index contributed by atoms with van der Waals surface area (Å²) in [7, 11) is 0. The van der Waals surface area contributed by atoms with E-state index in [0.717, 1.165) is 51.4 Å². The van der Waals surface area contributed by atoms with E-state index in [-0.39, 0.29) is 30.1 Å². The average molecular weight is 680 g/mol. The molecule has 0 spiro atoms. The van der Waals surface area contributed by atoms with Crippen LogP contribution in [-0.4, -0.2) is 43.5 Å². The first-order valence-electron chi connectivity index (χ1n) is 20.9. The van der Waals surface area contributed by atoms with Crippen LogP contribution in [0, 0.1) is 5.92 Å². The molecule has 0 aromatic heterocycles. The van der Waals surface area contributed by atoms with Crippen LogP contribution in [0.2, 0.25) is 0 Å². The third-order valence-electron chi connectivity index (χ3n) is 9.63. The molecule has 2 unspecified atom stereocenters. The Labute approximate surface area is 297 Å². The van der Waals surface area contributed by atoms with Crippen molar-refractivity contribution in [3.05, 3.63) is 0 Å². The molecule has 0 bridgehead atoms. The Balaban J connectivity index is 3.82. The molecule has 0 aromatic carbocycles. The molecular formula is C41H81N3O4. The number of ether oxygens (including phenoxy) is 1. The van der Waals surface area contributed by atoms with Crippen molar-refractivity contribution in [2.75, 3.05) is 19.7 Å². The van der Waals surface area contributed by atoms with Crippen molar-refractivity contribution in [2.24, 2.45) is 11.7 Å². The summed E-state index contributed by atoms with van der Waals surface area (Å²) in [6, 6.07) is -0.659. The molecule has 0 rings (SSSR count). The molecule has 0 aliphatic rings. The average Bonchev–Trinajstić information content (AvgIpc) is 3.09. The maximum atomic E-state index is 12.8. The minimum atomic E-state index is -0.659. The molecule has 48 heavy (non-hydrogen) atoms. The van der Waals surface area contributed by atoms with E-state index in [1.807, 2.05) is 0 Å². The predicted octanol–water partition coefficient (Wildman–Crippen LogP) is 10.5. The zero-order chi connectivity index (χ0) is 35.3. The molecule has 0 fully saturated rings. The quantitative estimate of drug-likeness (QED) is 0.0447. The summed E-state index contributed by atoms with van der Waals surface area (Å²) in [5.74, 6) is -0.276. The summed E-state index contributed by atoms with van der Waals surface area (Å²) < 4.78 is 5.65. The summed E-state index contributed by atoms with van der Waals surface area (Å²) in [6.07, 6.45) is 34.4. The van der Waals surface area contributed by atoms with Crippen LogP contribution in [0.15, 0.2) is 0 Å². The fourth-order valence-corrected chi connectivity index (χ4v) is 6.28. The molecule has 2 amide bonds. The zero-order valence-corrected chi connectivity index (χ0v) is 32.2. The van der Waals surface area contributed by atoms with Crippen molar-refractivity contribution in [3.8, 4) is 0 Å². The van der Waals surface area contributed by atoms with Gasteiger partial charge in [-0.15, -0.1) is 0 Å². The highest BCUT2D eigenvalue weighted by atomic mass is 16.5. The minimum absolute atomic E-state index is 0.0216. The van der Waals surface area contributed by atoms with Gasteiger partial charge in [0, 0.05) is 19.5 Å². The summed E-state index contributed by atoms with van der Waals surface area (Å²) >= 11 is 0. The van der Waals surface area contributed by atoms with Crippen molar-refractivity contribution in [3.63, 3.8) is 0 Å². The number of carbonyl (C=O) groups excluding carboxylic acids is 3. The first-order chi connectivity index (χ1) is 23.5.